The molecule has 1 aromatic carbocycles. The number of nitrogens with zero attached hydrogens (tertiary/aromatic N) is 2. The summed E-state index contributed by atoms with van der Waals surface area (Å²) >= 11 is 0. The van der Waals surface area contributed by atoms with Gasteiger partial charge in [-0.3, -0.25) is 4.79 Å². The lowest BCUT2D eigenvalue weighted by Gasteiger charge is -1.99. The van der Waals surface area contributed by atoms with Crippen molar-refractivity contribution in [1.29, 1.82) is 0 Å². The third-order valence-corrected chi connectivity index (χ3v) is 3.02. The van der Waals surface area contributed by atoms with E-state index in [4.69, 9.17) is 9.47 Å². The van der Waals surface area contributed by atoms with Gasteiger partial charge in [-0.2, -0.15) is 5.10 Å². The minimum atomic E-state index is -0.257. The Kier molecular flexibility index (Phi) is 5.31. The van der Waals surface area contributed by atoms with Crippen LogP contribution >= 0.6 is 0 Å². The standard InChI is InChI=1S/C15H13N3O3.HI/c1-18-6-4-12(5-7-18)15(19)17-16-9-11-2-3-13-14(8-11)21-10-20-13;/h2-9H,10H2,1H3;1H. The van der Waals surface area contributed by atoms with Gasteiger partial charge in [0.25, 0.3) is 5.91 Å². The second kappa shape index (κ2) is 7.21. The molecular formula is C15H14IN3O3. The van der Waals surface area contributed by atoms with Crippen molar-refractivity contribution in [1.82, 2.24) is 5.43 Å². The van der Waals surface area contributed by atoms with Crippen molar-refractivity contribution in [2.24, 2.45) is 12.1 Å². The van der Waals surface area contributed by atoms with Gasteiger partial charge in [0, 0.05) is 12.1 Å². The van der Waals surface area contributed by atoms with Crippen LogP contribution < -0.4 is 43.4 Å². The number of aromatic nitrogens is 1. The quantitative estimate of drug-likeness (QED) is 0.275. The van der Waals surface area contributed by atoms with Crippen LogP contribution in [0.5, 0.6) is 11.5 Å². The van der Waals surface area contributed by atoms with Gasteiger partial charge in [-0.15, -0.1) is 0 Å². The van der Waals surface area contributed by atoms with E-state index in [1.165, 1.54) is 0 Å². The van der Waals surface area contributed by atoms with E-state index in [0.29, 0.717) is 17.1 Å². The number of hydrazone groups is 1. The van der Waals surface area contributed by atoms with E-state index in [2.05, 4.69) is 10.5 Å². The summed E-state index contributed by atoms with van der Waals surface area (Å²) in [6.45, 7) is 0.234. The lowest BCUT2D eigenvalue weighted by atomic mass is 10.2. The molecule has 0 radical (unpaired) electrons. The van der Waals surface area contributed by atoms with Crippen molar-refractivity contribution >= 4 is 12.1 Å². The zero-order valence-corrected chi connectivity index (χ0v) is 14.0. The van der Waals surface area contributed by atoms with Crippen LogP contribution in [0.3, 0.4) is 0 Å². The van der Waals surface area contributed by atoms with Gasteiger partial charge >= 0.3 is 0 Å². The molecule has 1 aliphatic heterocycles. The van der Waals surface area contributed by atoms with E-state index in [1.807, 2.05) is 23.7 Å². The smallest absolute Gasteiger partial charge is 0.271 e. The first kappa shape index (κ1) is 16.2. The van der Waals surface area contributed by atoms with Gasteiger partial charge in [0.05, 0.1) is 11.8 Å². The number of amides is 1. The Hall–Kier alpha value is -2.16. The molecule has 22 heavy (non-hydrogen) atoms. The molecule has 7 heteroatoms. The highest BCUT2D eigenvalue weighted by molar-refractivity contribution is 5.94. The summed E-state index contributed by atoms with van der Waals surface area (Å²) in [7, 11) is 1.89. The maximum absolute atomic E-state index is 11.9. The number of rotatable bonds is 3. The molecule has 2 aromatic rings. The summed E-state index contributed by atoms with van der Waals surface area (Å²) in [6, 6.07) is 8.91. The number of benzene rings is 1. The summed E-state index contributed by atoms with van der Waals surface area (Å²) in [4.78, 5) is 11.9. The van der Waals surface area contributed by atoms with E-state index in [-0.39, 0.29) is 36.7 Å². The molecule has 0 bridgehead atoms. The van der Waals surface area contributed by atoms with Gasteiger partial charge in [-0.05, 0) is 23.8 Å². The Morgan fingerprint density at radius 1 is 1.23 bits per heavy atom. The van der Waals surface area contributed by atoms with Gasteiger partial charge in [-0.1, -0.05) is 0 Å². The second-order valence-corrected chi connectivity index (χ2v) is 4.56. The first-order valence-electron chi connectivity index (χ1n) is 6.41. The third-order valence-electron chi connectivity index (χ3n) is 3.02. The van der Waals surface area contributed by atoms with Crippen LogP contribution in [0.2, 0.25) is 0 Å². The molecule has 114 valence electrons. The number of pyridine rings is 1. The lowest BCUT2D eigenvalue weighted by Crippen LogP contribution is -3.00. The minimum absolute atomic E-state index is 0. The Labute approximate surface area is 144 Å². The van der Waals surface area contributed by atoms with Gasteiger partial charge in [0.2, 0.25) is 6.79 Å². The molecule has 1 aliphatic rings. The third kappa shape index (κ3) is 3.73. The Morgan fingerprint density at radius 2 is 1.95 bits per heavy atom. The number of carbonyl (C=O) groups excluding carboxylic acids is 1. The zero-order chi connectivity index (χ0) is 14.7. The molecule has 1 aromatic heterocycles. The highest BCUT2D eigenvalue weighted by Gasteiger charge is 2.12. The summed E-state index contributed by atoms with van der Waals surface area (Å²) in [6.07, 6.45) is 5.16. The number of ether oxygens (including phenoxy) is 2. The van der Waals surface area contributed by atoms with Gasteiger partial charge in [0.15, 0.2) is 23.9 Å². The molecule has 0 aliphatic carbocycles. The number of hydrogen-bond acceptors (Lipinski definition) is 4. The first-order chi connectivity index (χ1) is 10.2. The van der Waals surface area contributed by atoms with E-state index in [0.717, 1.165) is 5.56 Å². The second-order valence-electron chi connectivity index (χ2n) is 4.56. The van der Waals surface area contributed by atoms with E-state index in [1.54, 1.807) is 36.8 Å². The van der Waals surface area contributed by atoms with Crippen LogP contribution in [0.25, 0.3) is 0 Å². The topological polar surface area (TPSA) is 63.8 Å². The van der Waals surface area contributed by atoms with Crippen LogP contribution in [0, 0.1) is 0 Å². The van der Waals surface area contributed by atoms with Crippen LogP contribution in [-0.4, -0.2) is 18.9 Å². The molecule has 3 rings (SSSR count). The molecule has 0 spiro atoms. The fraction of sp³-hybridized carbons (Fsp3) is 0.133. The molecule has 6 nitrogen and oxygen atoms in total. The monoisotopic (exact) mass is 411 g/mol. The van der Waals surface area contributed by atoms with Crippen molar-refractivity contribution in [2.75, 3.05) is 6.79 Å². The fourth-order valence-corrected chi connectivity index (χ4v) is 1.88. The minimum Gasteiger partial charge on any atom is -1.00 e. The number of nitrogens with one attached hydrogen (secondary N) is 1. The maximum Gasteiger partial charge on any atom is 0.271 e. The van der Waals surface area contributed by atoms with Gasteiger partial charge in [-0.25, -0.2) is 9.99 Å². The highest BCUT2D eigenvalue weighted by atomic mass is 127. The summed E-state index contributed by atoms with van der Waals surface area (Å²) in [5.74, 6) is 1.14. The predicted octanol–water partition coefficient (Wildman–Crippen LogP) is -1.99. The molecule has 0 atom stereocenters. The van der Waals surface area contributed by atoms with Crippen LogP contribution in [0.1, 0.15) is 15.9 Å². The molecule has 0 saturated carbocycles. The van der Waals surface area contributed by atoms with Crippen LogP contribution in [0.15, 0.2) is 47.8 Å². The number of halogens is 1. The van der Waals surface area contributed by atoms with Crippen molar-refractivity contribution in [2.45, 2.75) is 0 Å². The Morgan fingerprint density at radius 3 is 2.73 bits per heavy atom. The number of aryl methyl sites for hydroxylation is 1. The summed E-state index contributed by atoms with van der Waals surface area (Å²) in [5.41, 5.74) is 3.85. The fourth-order valence-electron chi connectivity index (χ4n) is 1.88. The zero-order valence-electron chi connectivity index (χ0n) is 11.8. The van der Waals surface area contributed by atoms with Crippen molar-refractivity contribution < 1.29 is 42.8 Å². The molecular weight excluding hydrogens is 397 g/mol. The number of fused-ring (bicyclic) bond motifs is 1. The molecule has 0 unspecified atom stereocenters. The Bertz CT molecular complexity index is 702. The van der Waals surface area contributed by atoms with E-state index >= 15 is 0 Å². The number of carbonyl (C=O) groups is 1. The van der Waals surface area contributed by atoms with Crippen molar-refractivity contribution in [3.8, 4) is 11.5 Å². The van der Waals surface area contributed by atoms with Gasteiger partial charge in [0.1, 0.15) is 7.05 Å². The molecule has 1 N–H and O–H groups in total. The molecule has 1 amide bonds. The van der Waals surface area contributed by atoms with Crippen LogP contribution in [-0.2, 0) is 7.05 Å². The van der Waals surface area contributed by atoms with Gasteiger partial charge < -0.3 is 33.5 Å². The SMILES string of the molecule is C[n+]1ccc(C(=O)N/N=C/c2ccc3c(c2)OCO3)cc1.[I-]. The molecule has 0 fully saturated rings. The van der Waals surface area contributed by atoms with Crippen molar-refractivity contribution in [3.63, 3.8) is 0 Å². The Balaban J connectivity index is 0.00000176. The highest BCUT2D eigenvalue weighted by Crippen LogP contribution is 2.31. The molecule has 0 saturated heterocycles. The molecule has 2 heterocycles. The van der Waals surface area contributed by atoms with E-state index in [9.17, 15) is 4.79 Å². The summed E-state index contributed by atoms with van der Waals surface area (Å²) < 4.78 is 12.4. The first-order valence-corrected chi connectivity index (χ1v) is 6.41. The number of hydrogen-bond donors (Lipinski definition) is 1. The van der Waals surface area contributed by atoms with Crippen LogP contribution in [0.4, 0.5) is 0 Å². The van der Waals surface area contributed by atoms with Crippen molar-refractivity contribution in [3.05, 3.63) is 53.9 Å². The average molecular weight is 411 g/mol. The lowest BCUT2D eigenvalue weighted by molar-refractivity contribution is -0.671. The van der Waals surface area contributed by atoms with E-state index < -0.39 is 0 Å². The maximum atomic E-state index is 11.9. The summed E-state index contributed by atoms with van der Waals surface area (Å²) in [5, 5.41) is 3.94. The predicted molar refractivity (Wildman–Crippen MR) is 75.2 cm³/mol. The normalized spacial score (nSPS) is 12.0. The largest absolute Gasteiger partial charge is 1.00 e. The average Bonchev–Trinajstić information content (AvgIpc) is 2.95.